The molecule has 2 nitrogen and oxygen atoms in total. The minimum Gasteiger partial charge on any atom is -0.365 e. The average Bonchev–Trinajstić information content (AvgIpc) is 2.92. The van der Waals surface area contributed by atoms with Crippen molar-refractivity contribution in [3.05, 3.63) is 22.6 Å². The van der Waals surface area contributed by atoms with Gasteiger partial charge in [0.2, 0.25) is 0 Å². The number of halogens is 2. The zero-order valence-electron chi connectivity index (χ0n) is 7.93. The van der Waals surface area contributed by atoms with Crippen LogP contribution in [-0.4, -0.2) is 11.0 Å². The quantitative estimate of drug-likeness (QED) is 0.901. The summed E-state index contributed by atoms with van der Waals surface area (Å²) in [5.41, 5.74) is 0. The molecule has 0 aliphatic heterocycles. The zero-order chi connectivity index (χ0) is 10.1. The van der Waals surface area contributed by atoms with E-state index < -0.39 is 0 Å². The molecule has 1 atom stereocenters. The second-order valence-electron chi connectivity index (χ2n) is 3.75. The molecule has 76 valence electrons. The first-order valence-electron chi connectivity index (χ1n) is 4.74. The lowest BCUT2D eigenvalue weighted by Gasteiger charge is -2.13. The highest BCUT2D eigenvalue weighted by Crippen LogP contribution is 2.34. The van der Waals surface area contributed by atoms with Gasteiger partial charge in [-0.25, -0.2) is 9.37 Å². The number of hydrogen-bond donors (Lipinski definition) is 1. The number of nitrogens with zero attached hydrogens (tertiary/aromatic N) is 1. The van der Waals surface area contributed by atoms with Crippen molar-refractivity contribution in [1.82, 2.24) is 4.98 Å². The Morgan fingerprint density at radius 2 is 2.36 bits per heavy atom. The molecule has 14 heavy (non-hydrogen) atoms. The highest BCUT2D eigenvalue weighted by molar-refractivity contribution is 9.10. The summed E-state index contributed by atoms with van der Waals surface area (Å²) >= 11 is 3.17. The molecule has 0 radical (unpaired) electrons. The number of nitrogens with one attached hydrogen (secondary N) is 1. The third-order valence-corrected chi connectivity index (χ3v) is 2.93. The predicted octanol–water partition coefficient (Wildman–Crippen LogP) is 3.19. The van der Waals surface area contributed by atoms with Crippen LogP contribution in [0.1, 0.15) is 19.8 Å². The molecule has 1 aromatic rings. The molecule has 0 spiro atoms. The monoisotopic (exact) mass is 258 g/mol. The van der Waals surface area contributed by atoms with Crippen molar-refractivity contribution < 1.29 is 4.39 Å². The van der Waals surface area contributed by atoms with Gasteiger partial charge in [0.15, 0.2) is 11.6 Å². The fourth-order valence-corrected chi connectivity index (χ4v) is 1.75. The van der Waals surface area contributed by atoms with Crippen LogP contribution in [0.15, 0.2) is 16.7 Å². The first kappa shape index (κ1) is 9.90. The van der Waals surface area contributed by atoms with Crippen molar-refractivity contribution in [3.8, 4) is 0 Å². The van der Waals surface area contributed by atoms with Crippen LogP contribution in [0.25, 0.3) is 0 Å². The summed E-state index contributed by atoms with van der Waals surface area (Å²) in [4.78, 5) is 3.99. The highest BCUT2D eigenvalue weighted by atomic mass is 79.9. The van der Waals surface area contributed by atoms with Gasteiger partial charge >= 0.3 is 0 Å². The first-order chi connectivity index (χ1) is 6.66. The molecule has 1 N–H and O–H groups in total. The molecular formula is C10H12BrFN2. The van der Waals surface area contributed by atoms with Crippen molar-refractivity contribution in [2.45, 2.75) is 25.8 Å². The Morgan fingerprint density at radius 3 is 2.93 bits per heavy atom. The number of anilines is 1. The Hall–Kier alpha value is -0.640. The maximum absolute atomic E-state index is 13.3. The Morgan fingerprint density at radius 1 is 1.64 bits per heavy atom. The van der Waals surface area contributed by atoms with Crippen molar-refractivity contribution in [2.24, 2.45) is 5.92 Å². The van der Waals surface area contributed by atoms with Crippen LogP contribution in [0.3, 0.4) is 0 Å². The minimum absolute atomic E-state index is 0.299. The summed E-state index contributed by atoms with van der Waals surface area (Å²) in [6.45, 7) is 2.07. The molecule has 2 rings (SSSR count). The van der Waals surface area contributed by atoms with Gasteiger partial charge in [-0.15, -0.1) is 0 Å². The topological polar surface area (TPSA) is 24.9 Å². The Labute approximate surface area is 91.1 Å². The fraction of sp³-hybridized carbons (Fsp3) is 0.500. The third-order valence-electron chi connectivity index (χ3n) is 2.50. The first-order valence-corrected chi connectivity index (χ1v) is 5.53. The summed E-state index contributed by atoms with van der Waals surface area (Å²) in [7, 11) is 0. The van der Waals surface area contributed by atoms with Crippen LogP contribution in [-0.2, 0) is 0 Å². The fourth-order valence-electron chi connectivity index (χ4n) is 1.45. The molecule has 1 aromatic heterocycles. The number of hydrogen-bond acceptors (Lipinski definition) is 2. The second kappa shape index (κ2) is 3.85. The molecular weight excluding hydrogens is 247 g/mol. The summed E-state index contributed by atoms with van der Waals surface area (Å²) < 4.78 is 14.0. The van der Waals surface area contributed by atoms with E-state index in [2.05, 4.69) is 33.2 Å². The lowest BCUT2D eigenvalue weighted by atomic mass is 10.2. The van der Waals surface area contributed by atoms with E-state index in [4.69, 9.17) is 0 Å². The van der Waals surface area contributed by atoms with Gasteiger partial charge in [-0.3, -0.25) is 0 Å². The Bertz CT molecular complexity index is 339. The minimum atomic E-state index is -0.299. The van der Waals surface area contributed by atoms with Gasteiger partial charge in [0.1, 0.15) is 0 Å². The maximum atomic E-state index is 13.3. The van der Waals surface area contributed by atoms with E-state index >= 15 is 0 Å². The molecule has 1 fully saturated rings. The van der Waals surface area contributed by atoms with Gasteiger partial charge in [-0.1, -0.05) is 0 Å². The van der Waals surface area contributed by atoms with E-state index in [0.29, 0.717) is 22.3 Å². The third kappa shape index (κ3) is 2.23. The van der Waals surface area contributed by atoms with Crippen LogP contribution in [0.2, 0.25) is 0 Å². The second-order valence-corrected chi connectivity index (χ2v) is 4.67. The predicted molar refractivity (Wildman–Crippen MR) is 57.7 cm³/mol. The molecule has 1 aliphatic rings. The zero-order valence-corrected chi connectivity index (χ0v) is 9.51. The van der Waals surface area contributed by atoms with Gasteiger partial charge in [-0.05, 0) is 47.7 Å². The van der Waals surface area contributed by atoms with Gasteiger partial charge in [0, 0.05) is 16.7 Å². The maximum Gasteiger partial charge on any atom is 0.166 e. The molecule has 1 aliphatic carbocycles. The summed E-state index contributed by atoms with van der Waals surface area (Å²) in [6, 6.07) is 1.74. The van der Waals surface area contributed by atoms with Gasteiger partial charge < -0.3 is 5.32 Å². The van der Waals surface area contributed by atoms with Crippen molar-refractivity contribution in [3.63, 3.8) is 0 Å². The normalized spacial score (nSPS) is 17.9. The number of aromatic nitrogens is 1. The lowest BCUT2D eigenvalue weighted by Crippen LogP contribution is -2.18. The largest absolute Gasteiger partial charge is 0.365 e. The Kier molecular flexibility index (Phi) is 2.72. The van der Waals surface area contributed by atoms with E-state index in [1.54, 1.807) is 6.20 Å². The summed E-state index contributed by atoms with van der Waals surface area (Å²) in [5, 5.41) is 3.09. The molecule has 0 amide bonds. The Balaban J connectivity index is 2.07. The smallest absolute Gasteiger partial charge is 0.166 e. The number of rotatable bonds is 3. The van der Waals surface area contributed by atoms with Crippen LogP contribution >= 0.6 is 15.9 Å². The van der Waals surface area contributed by atoms with Crippen LogP contribution in [0.4, 0.5) is 10.2 Å². The van der Waals surface area contributed by atoms with Crippen molar-refractivity contribution >= 4 is 21.7 Å². The molecule has 1 saturated carbocycles. The molecule has 1 heterocycles. The van der Waals surface area contributed by atoms with E-state index in [1.165, 1.54) is 18.9 Å². The molecule has 0 aromatic carbocycles. The van der Waals surface area contributed by atoms with E-state index in [0.717, 1.165) is 0 Å². The molecule has 0 saturated heterocycles. The van der Waals surface area contributed by atoms with E-state index in [1.807, 2.05) is 0 Å². The van der Waals surface area contributed by atoms with Crippen LogP contribution in [0, 0.1) is 11.7 Å². The van der Waals surface area contributed by atoms with Crippen molar-refractivity contribution in [1.29, 1.82) is 0 Å². The SMILES string of the molecule is CC(Nc1ncc(Br)cc1F)C1CC1. The average molecular weight is 259 g/mol. The van der Waals surface area contributed by atoms with Crippen LogP contribution in [0.5, 0.6) is 0 Å². The van der Waals surface area contributed by atoms with Gasteiger partial charge in [-0.2, -0.15) is 0 Å². The highest BCUT2D eigenvalue weighted by Gasteiger charge is 2.28. The lowest BCUT2D eigenvalue weighted by molar-refractivity contribution is 0.611. The standard InChI is InChI=1S/C10H12BrFN2/c1-6(7-2-3-7)14-10-9(12)4-8(11)5-13-10/h4-7H,2-3H2,1H3,(H,13,14). The van der Waals surface area contributed by atoms with E-state index in [9.17, 15) is 4.39 Å². The summed E-state index contributed by atoms with van der Waals surface area (Å²) in [6.07, 6.45) is 4.09. The molecule has 0 bridgehead atoms. The van der Waals surface area contributed by atoms with E-state index in [-0.39, 0.29) is 5.82 Å². The molecule has 1 unspecified atom stereocenters. The number of pyridine rings is 1. The van der Waals surface area contributed by atoms with Gasteiger partial charge in [0.05, 0.1) is 0 Å². The molecule has 4 heteroatoms. The summed E-state index contributed by atoms with van der Waals surface area (Å²) in [5.74, 6) is 0.749. The van der Waals surface area contributed by atoms with Crippen molar-refractivity contribution in [2.75, 3.05) is 5.32 Å². The van der Waals surface area contributed by atoms with Gasteiger partial charge in [0.25, 0.3) is 0 Å². The van der Waals surface area contributed by atoms with Crippen LogP contribution < -0.4 is 5.32 Å².